The van der Waals surface area contributed by atoms with Gasteiger partial charge in [0.2, 0.25) is 0 Å². The molecule has 4 atom stereocenters. The topological polar surface area (TPSA) is 18.5 Å². The van der Waals surface area contributed by atoms with E-state index < -0.39 is 0 Å². The molecular weight excluding hydrogens is 371 g/mol. The van der Waals surface area contributed by atoms with Crippen molar-refractivity contribution in [1.29, 1.82) is 0 Å². The standard InChI is InChI=1S/C11H22O2S4Se/c1-8(12-14)4-16-10-3-11(7-18-6-10)17-5-9(2)13-15/h8-11,14-15H,3-7H2,1-2H3. The fraction of sp³-hybridized carbons (Fsp3) is 1.00. The Morgan fingerprint density at radius 3 is 1.89 bits per heavy atom. The zero-order valence-electron chi connectivity index (χ0n) is 10.8. The van der Waals surface area contributed by atoms with Gasteiger partial charge in [-0.2, -0.15) is 0 Å². The van der Waals surface area contributed by atoms with Crippen LogP contribution in [0.2, 0.25) is 10.6 Å². The number of thiol groups is 2. The Hall–Kier alpha value is 1.84. The molecule has 0 bridgehead atoms. The minimum absolute atomic E-state index is 0.247. The zero-order valence-corrected chi connectivity index (χ0v) is 15.9. The summed E-state index contributed by atoms with van der Waals surface area (Å²) in [4.78, 5) is 0. The quantitative estimate of drug-likeness (QED) is 0.372. The van der Waals surface area contributed by atoms with Gasteiger partial charge in [0, 0.05) is 0 Å². The third kappa shape index (κ3) is 7.58. The summed E-state index contributed by atoms with van der Waals surface area (Å²) in [6, 6.07) is 0. The van der Waals surface area contributed by atoms with Gasteiger partial charge in [-0.15, -0.1) is 0 Å². The van der Waals surface area contributed by atoms with Crippen molar-refractivity contribution in [3.8, 4) is 0 Å². The van der Waals surface area contributed by atoms with Gasteiger partial charge in [0.1, 0.15) is 0 Å². The molecule has 0 radical (unpaired) electrons. The minimum atomic E-state index is 0.247. The van der Waals surface area contributed by atoms with Crippen molar-refractivity contribution in [1.82, 2.24) is 0 Å². The molecule has 1 heterocycles. The molecule has 4 unspecified atom stereocenters. The second-order valence-corrected chi connectivity index (χ2v) is 9.86. The molecular formula is C11H22O2S4Se. The predicted octanol–water partition coefficient (Wildman–Crippen LogP) is 3.63. The summed E-state index contributed by atoms with van der Waals surface area (Å²) in [5.74, 6) is 2.11. The second-order valence-electron chi connectivity index (χ2n) is 4.52. The number of thioether (sulfide) groups is 2. The molecule has 1 aliphatic heterocycles. The van der Waals surface area contributed by atoms with E-state index in [0.29, 0.717) is 0 Å². The summed E-state index contributed by atoms with van der Waals surface area (Å²) >= 11 is 12.6. The molecule has 0 N–H and O–H groups in total. The molecule has 0 aromatic carbocycles. The van der Waals surface area contributed by atoms with Crippen LogP contribution in [0.15, 0.2) is 0 Å². The molecule has 0 aromatic rings. The molecule has 18 heavy (non-hydrogen) atoms. The van der Waals surface area contributed by atoms with Gasteiger partial charge < -0.3 is 0 Å². The average molecular weight is 394 g/mol. The Morgan fingerprint density at radius 1 is 1.06 bits per heavy atom. The fourth-order valence-corrected chi connectivity index (χ4v) is 8.39. The monoisotopic (exact) mass is 394 g/mol. The fourth-order valence-electron chi connectivity index (χ4n) is 1.60. The summed E-state index contributed by atoms with van der Waals surface area (Å²) in [6.07, 6.45) is 1.82. The molecule has 1 saturated heterocycles. The van der Waals surface area contributed by atoms with Crippen LogP contribution in [0, 0.1) is 0 Å². The molecule has 1 fully saturated rings. The Labute approximate surface area is 137 Å². The van der Waals surface area contributed by atoms with Gasteiger partial charge in [-0.3, -0.25) is 0 Å². The number of hydrogen-bond acceptors (Lipinski definition) is 6. The van der Waals surface area contributed by atoms with Crippen LogP contribution in [0.3, 0.4) is 0 Å². The van der Waals surface area contributed by atoms with Crippen molar-refractivity contribution >= 4 is 64.3 Å². The van der Waals surface area contributed by atoms with Crippen LogP contribution >= 0.6 is 49.3 Å². The first-order chi connectivity index (χ1) is 8.65. The van der Waals surface area contributed by atoms with Crippen LogP contribution in [0.1, 0.15) is 20.3 Å². The van der Waals surface area contributed by atoms with Gasteiger partial charge in [0.15, 0.2) is 0 Å². The summed E-state index contributed by atoms with van der Waals surface area (Å²) < 4.78 is 10.0. The van der Waals surface area contributed by atoms with Crippen molar-refractivity contribution < 1.29 is 8.37 Å². The van der Waals surface area contributed by atoms with Crippen LogP contribution in [0.25, 0.3) is 0 Å². The molecule has 108 valence electrons. The SMILES string of the molecule is CC(CSC1C[Se]CC(SCC(C)OS)C1)OS. The first kappa shape index (κ1) is 17.9. The summed E-state index contributed by atoms with van der Waals surface area (Å²) in [5.41, 5.74) is 0. The van der Waals surface area contributed by atoms with E-state index in [1.54, 1.807) is 0 Å². The molecule has 0 amide bonds. The van der Waals surface area contributed by atoms with Gasteiger partial charge in [0.05, 0.1) is 0 Å². The summed E-state index contributed by atoms with van der Waals surface area (Å²) in [5, 5.41) is 4.45. The van der Waals surface area contributed by atoms with E-state index in [0.717, 1.165) is 37.0 Å². The molecule has 0 aliphatic carbocycles. The third-order valence-corrected chi connectivity index (χ3v) is 9.96. The number of rotatable bonds is 8. The summed E-state index contributed by atoms with van der Waals surface area (Å²) in [7, 11) is 0. The normalized spacial score (nSPS) is 28.0. The van der Waals surface area contributed by atoms with Crippen LogP contribution in [-0.2, 0) is 8.37 Å². The number of hydrogen-bond donors (Lipinski definition) is 2. The first-order valence-electron chi connectivity index (χ1n) is 6.07. The van der Waals surface area contributed by atoms with Gasteiger partial charge in [-0.1, -0.05) is 0 Å². The van der Waals surface area contributed by atoms with Crippen LogP contribution in [0.5, 0.6) is 0 Å². The molecule has 1 aliphatic rings. The average Bonchev–Trinajstić information content (AvgIpc) is 2.42. The summed E-state index contributed by atoms with van der Waals surface area (Å²) in [6.45, 7) is 4.15. The molecule has 2 nitrogen and oxygen atoms in total. The van der Waals surface area contributed by atoms with Gasteiger partial charge in [0.25, 0.3) is 0 Å². The van der Waals surface area contributed by atoms with E-state index in [-0.39, 0.29) is 12.2 Å². The molecule has 0 aromatic heterocycles. The van der Waals surface area contributed by atoms with Crippen molar-refractivity contribution in [2.24, 2.45) is 0 Å². The van der Waals surface area contributed by atoms with Crippen molar-refractivity contribution in [3.63, 3.8) is 0 Å². The first-order valence-corrected chi connectivity index (χ1v) is 11.3. The van der Waals surface area contributed by atoms with Gasteiger partial charge in [-0.25, -0.2) is 0 Å². The maximum absolute atomic E-state index is 5.01. The molecule has 1 rings (SSSR count). The van der Waals surface area contributed by atoms with E-state index in [2.05, 4.69) is 63.2 Å². The van der Waals surface area contributed by atoms with Crippen LogP contribution in [0.4, 0.5) is 0 Å². The van der Waals surface area contributed by atoms with E-state index in [9.17, 15) is 0 Å². The second kappa shape index (κ2) is 10.5. The Bertz CT molecular complexity index is 203. The van der Waals surface area contributed by atoms with Crippen molar-refractivity contribution in [3.05, 3.63) is 0 Å². The maximum atomic E-state index is 5.01. The Balaban J connectivity index is 2.19. The van der Waals surface area contributed by atoms with E-state index in [4.69, 9.17) is 8.37 Å². The van der Waals surface area contributed by atoms with E-state index in [1.807, 2.05) is 0 Å². The third-order valence-electron chi connectivity index (χ3n) is 2.63. The van der Waals surface area contributed by atoms with Crippen molar-refractivity contribution in [2.45, 2.75) is 53.6 Å². The predicted molar refractivity (Wildman–Crippen MR) is 91.5 cm³/mol. The van der Waals surface area contributed by atoms with Gasteiger partial charge >= 0.3 is 138 Å². The van der Waals surface area contributed by atoms with E-state index >= 15 is 0 Å². The molecule has 0 spiro atoms. The molecule has 7 heteroatoms. The van der Waals surface area contributed by atoms with Gasteiger partial charge in [-0.05, 0) is 0 Å². The van der Waals surface area contributed by atoms with E-state index in [1.165, 1.54) is 17.1 Å². The van der Waals surface area contributed by atoms with Crippen LogP contribution < -0.4 is 0 Å². The zero-order chi connectivity index (χ0) is 13.4. The molecule has 0 saturated carbocycles. The Morgan fingerprint density at radius 2 is 1.50 bits per heavy atom. The Kier molecular flexibility index (Phi) is 10.5. The van der Waals surface area contributed by atoms with Crippen molar-refractivity contribution in [2.75, 3.05) is 11.5 Å². The van der Waals surface area contributed by atoms with Crippen LogP contribution in [-0.4, -0.2) is 49.2 Å².